The molecule has 1 aromatic carbocycles. The van der Waals surface area contributed by atoms with Crippen molar-refractivity contribution in [2.45, 2.75) is 17.9 Å². The molecule has 2 aromatic rings. The minimum atomic E-state index is -4.49. The van der Waals surface area contributed by atoms with Crippen molar-refractivity contribution in [3.05, 3.63) is 29.8 Å². The predicted molar refractivity (Wildman–Crippen MR) is 106 cm³/mol. The maximum absolute atomic E-state index is 13.1. The molecule has 1 aromatic heterocycles. The first-order valence-electron chi connectivity index (χ1n) is 9.21. The molecule has 9 nitrogen and oxygen atoms in total. The number of halogens is 3. The number of amides is 1. The summed E-state index contributed by atoms with van der Waals surface area (Å²) in [5, 5.41) is 10.3. The number of alkyl halides is 3. The minimum Gasteiger partial charge on any atom is -0.465 e. The number of benzene rings is 1. The lowest BCUT2D eigenvalue weighted by atomic mass is 10.2. The summed E-state index contributed by atoms with van der Waals surface area (Å²) in [4.78, 5) is 25.8. The number of esters is 1. The van der Waals surface area contributed by atoms with Crippen molar-refractivity contribution < 1.29 is 32.2 Å². The number of para-hydroxylation sites is 1. The Hall–Kier alpha value is -2.80. The van der Waals surface area contributed by atoms with Crippen molar-refractivity contribution in [2.75, 3.05) is 49.4 Å². The van der Waals surface area contributed by atoms with Gasteiger partial charge >= 0.3 is 12.1 Å². The Morgan fingerprint density at radius 3 is 2.61 bits per heavy atom. The molecule has 13 heteroatoms. The highest BCUT2D eigenvalue weighted by Crippen LogP contribution is 2.28. The number of anilines is 2. The zero-order valence-corrected chi connectivity index (χ0v) is 17.3. The van der Waals surface area contributed by atoms with Crippen LogP contribution in [0.25, 0.3) is 0 Å². The summed E-state index contributed by atoms with van der Waals surface area (Å²) in [7, 11) is 1.22. The first-order valence-corrected chi connectivity index (χ1v) is 10.2. The molecule has 168 valence electrons. The molecule has 1 fully saturated rings. The number of hydrogen-bond donors (Lipinski definition) is 1. The molecule has 1 aliphatic heterocycles. The summed E-state index contributed by atoms with van der Waals surface area (Å²) in [6.45, 7) is 0.269. The number of methoxy groups -OCH3 is 1. The highest BCUT2D eigenvalue weighted by Gasteiger charge is 2.33. The van der Waals surface area contributed by atoms with Crippen LogP contribution in [0.1, 0.15) is 10.4 Å². The summed E-state index contributed by atoms with van der Waals surface area (Å²) in [5.74, 6) is -1.28. The van der Waals surface area contributed by atoms with Gasteiger partial charge in [0.15, 0.2) is 5.16 Å². The van der Waals surface area contributed by atoms with Gasteiger partial charge in [0, 0.05) is 13.1 Å². The number of nitrogens with one attached hydrogen (secondary N) is 1. The average Bonchev–Trinajstić information content (AvgIpc) is 3.13. The molecular formula is C18H20F3N5O4S. The molecule has 3 rings (SSSR count). The molecule has 1 saturated heterocycles. The topological polar surface area (TPSA) is 98.6 Å². The van der Waals surface area contributed by atoms with Gasteiger partial charge in [-0.05, 0) is 12.1 Å². The number of thioether (sulfide) groups is 1. The van der Waals surface area contributed by atoms with Gasteiger partial charge in [-0.1, -0.05) is 23.9 Å². The van der Waals surface area contributed by atoms with Crippen LogP contribution in [0.4, 0.5) is 24.8 Å². The zero-order valence-electron chi connectivity index (χ0n) is 16.5. The molecule has 1 amide bonds. The van der Waals surface area contributed by atoms with Gasteiger partial charge in [-0.25, -0.2) is 4.79 Å². The summed E-state index contributed by atoms with van der Waals surface area (Å²) in [6.07, 6.45) is -4.49. The number of ether oxygens (including phenoxy) is 2. The Morgan fingerprint density at radius 2 is 1.94 bits per heavy atom. The number of carbonyl (C=O) groups is 2. The largest absolute Gasteiger partial charge is 0.465 e. The van der Waals surface area contributed by atoms with Gasteiger partial charge in [-0.15, -0.1) is 10.2 Å². The van der Waals surface area contributed by atoms with Crippen LogP contribution in [0, 0.1) is 0 Å². The first kappa shape index (κ1) is 22.9. The van der Waals surface area contributed by atoms with Crippen LogP contribution in [0.5, 0.6) is 0 Å². The smallest absolute Gasteiger partial charge is 0.406 e. The van der Waals surface area contributed by atoms with Gasteiger partial charge in [0.25, 0.3) is 0 Å². The third kappa shape index (κ3) is 6.10. The van der Waals surface area contributed by atoms with E-state index in [1.54, 1.807) is 17.0 Å². The van der Waals surface area contributed by atoms with E-state index < -0.39 is 24.6 Å². The lowest BCUT2D eigenvalue weighted by Gasteiger charge is -2.28. The van der Waals surface area contributed by atoms with E-state index in [4.69, 9.17) is 4.74 Å². The Morgan fingerprint density at radius 1 is 1.23 bits per heavy atom. The van der Waals surface area contributed by atoms with Crippen molar-refractivity contribution in [3.8, 4) is 0 Å². The first-order chi connectivity index (χ1) is 14.8. The van der Waals surface area contributed by atoms with Crippen molar-refractivity contribution in [2.24, 2.45) is 0 Å². The third-order valence-electron chi connectivity index (χ3n) is 4.27. The molecular weight excluding hydrogens is 439 g/mol. The number of rotatable bonds is 7. The molecule has 0 aliphatic carbocycles. The van der Waals surface area contributed by atoms with E-state index in [2.05, 4.69) is 20.3 Å². The fourth-order valence-electron chi connectivity index (χ4n) is 2.90. The Bertz CT molecular complexity index is 931. The molecule has 0 spiro atoms. The van der Waals surface area contributed by atoms with Crippen LogP contribution < -0.4 is 10.2 Å². The predicted octanol–water partition coefficient (Wildman–Crippen LogP) is 2.19. The molecule has 0 atom stereocenters. The Kier molecular flexibility index (Phi) is 7.38. The van der Waals surface area contributed by atoms with Crippen LogP contribution in [0.3, 0.4) is 0 Å². The van der Waals surface area contributed by atoms with Crippen LogP contribution in [0.2, 0.25) is 0 Å². The molecule has 1 aliphatic rings. The molecule has 0 unspecified atom stereocenters. The van der Waals surface area contributed by atoms with E-state index in [0.717, 1.165) is 16.3 Å². The van der Waals surface area contributed by atoms with Gasteiger partial charge in [-0.3, -0.25) is 9.36 Å². The molecule has 0 radical (unpaired) electrons. The summed E-state index contributed by atoms with van der Waals surface area (Å²) >= 11 is 0.823. The highest BCUT2D eigenvalue weighted by atomic mass is 32.2. The molecule has 0 bridgehead atoms. The second-order valence-electron chi connectivity index (χ2n) is 6.46. The van der Waals surface area contributed by atoms with E-state index in [0.29, 0.717) is 26.3 Å². The van der Waals surface area contributed by atoms with Crippen LogP contribution in [0.15, 0.2) is 29.4 Å². The van der Waals surface area contributed by atoms with E-state index in [-0.39, 0.29) is 28.1 Å². The lowest BCUT2D eigenvalue weighted by Crippen LogP contribution is -2.38. The second-order valence-corrected chi connectivity index (χ2v) is 7.40. The van der Waals surface area contributed by atoms with Crippen LogP contribution in [-0.4, -0.2) is 72.0 Å². The van der Waals surface area contributed by atoms with Crippen molar-refractivity contribution >= 4 is 35.3 Å². The number of morpholine rings is 1. The normalized spacial score (nSPS) is 14.4. The zero-order chi connectivity index (χ0) is 22.4. The van der Waals surface area contributed by atoms with Gasteiger partial charge < -0.3 is 19.7 Å². The van der Waals surface area contributed by atoms with E-state index in [1.165, 1.54) is 19.2 Å². The minimum absolute atomic E-state index is 0.0322. The number of nitrogens with zero attached hydrogens (tertiary/aromatic N) is 4. The third-order valence-corrected chi connectivity index (χ3v) is 5.23. The fraction of sp³-hybridized carbons (Fsp3) is 0.444. The van der Waals surface area contributed by atoms with Gasteiger partial charge in [0.1, 0.15) is 6.54 Å². The molecule has 1 N–H and O–H groups in total. The summed E-state index contributed by atoms with van der Waals surface area (Å²) < 4.78 is 50.3. The van der Waals surface area contributed by atoms with Gasteiger partial charge in [0.2, 0.25) is 11.9 Å². The maximum atomic E-state index is 13.1. The number of carbonyl (C=O) groups excluding carboxylic acids is 2. The number of aromatic nitrogens is 3. The summed E-state index contributed by atoms with van der Waals surface area (Å²) in [5.41, 5.74) is 0.406. The maximum Gasteiger partial charge on any atom is 0.406 e. The van der Waals surface area contributed by atoms with Crippen molar-refractivity contribution in [3.63, 3.8) is 0 Å². The quantitative estimate of drug-likeness (QED) is 0.497. The average molecular weight is 459 g/mol. The molecule has 2 heterocycles. The lowest BCUT2D eigenvalue weighted by molar-refractivity contribution is -0.141. The number of hydrogen-bond acceptors (Lipinski definition) is 8. The monoisotopic (exact) mass is 459 g/mol. The Balaban J connectivity index is 1.72. The second kappa shape index (κ2) is 10.0. The van der Waals surface area contributed by atoms with Crippen molar-refractivity contribution in [1.82, 2.24) is 14.8 Å². The van der Waals surface area contributed by atoms with E-state index in [9.17, 15) is 22.8 Å². The van der Waals surface area contributed by atoms with E-state index >= 15 is 0 Å². The molecule has 31 heavy (non-hydrogen) atoms. The highest BCUT2D eigenvalue weighted by molar-refractivity contribution is 7.99. The van der Waals surface area contributed by atoms with Crippen LogP contribution >= 0.6 is 11.8 Å². The fourth-order valence-corrected chi connectivity index (χ4v) is 3.63. The van der Waals surface area contributed by atoms with Crippen molar-refractivity contribution in [1.29, 1.82) is 0 Å². The van der Waals surface area contributed by atoms with Crippen LogP contribution in [-0.2, 0) is 20.8 Å². The molecule has 0 saturated carbocycles. The Labute approximate surface area is 179 Å². The van der Waals surface area contributed by atoms with Gasteiger partial charge in [0.05, 0.1) is 37.3 Å². The van der Waals surface area contributed by atoms with Gasteiger partial charge in [-0.2, -0.15) is 13.2 Å². The standard InChI is InChI=1S/C18H20F3N5O4S/c1-29-15(28)12-4-2-3-5-13(12)22-14(27)10-31-17-24-23-16(25-6-8-30-9-7-25)26(17)11-18(19,20)21/h2-5H,6-11H2,1H3,(H,22,27). The SMILES string of the molecule is COC(=O)c1ccccc1NC(=O)CSc1nnc(N2CCOCC2)n1CC(F)(F)F. The summed E-state index contributed by atoms with van der Waals surface area (Å²) in [6, 6.07) is 6.26. The van der Waals surface area contributed by atoms with E-state index in [1.807, 2.05) is 0 Å².